The number of carboxylic acids is 1. The quantitative estimate of drug-likeness (QED) is 0.382. The topological polar surface area (TPSA) is 95.5 Å². The first-order valence-electron chi connectivity index (χ1n) is 12.6. The van der Waals surface area contributed by atoms with E-state index in [2.05, 4.69) is 10.6 Å². The third kappa shape index (κ3) is 5.97. The lowest BCUT2D eigenvalue weighted by Crippen LogP contribution is -2.46. The SMILES string of the molecule is CCC1(CC(=O)O)CCC2CC(c3ccc(NC(=O)Nc4cccc(C(F)(F)F)c4)cc3)CCC2C1=O. The average molecular weight is 517 g/mol. The monoisotopic (exact) mass is 516 g/mol. The number of nitrogens with one attached hydrogen (secondary N) is 2. The van der Waals surface area contributed by atoms with E-state index in [9.17, 15) is 32.7 Å². The molecule has 4 unspecified atom stereocenters. The van der Waals surface area contributed by atoms with Crippen LogP contribution in [-0.4, -0.2) is 22.9 Å². The molecule has 4 rings (SSSR count). The number of anilines is 2. The molecule has 9 heteroatoms. The number of amides is 2. The Morgan fingerprint density at radius 3 is 2.38 bits per heavy atom. The Labute approximate surface area is 213 Å². The Kier molecular flexibility index (Phi) is 7.62. The molecule has 0 spiro atoms. The number of aliphatic carboxylic acids is 1. The van der Waals surface area contributed by atoms with Gasteiger partial charge in [-0.1, -0.05) is 25.1 Å². The largest absolute Gasteiger partial charge is 0.481 e. The van der Waals surface area contributed by atoms with Crippen molar-refractivity contribution in [2.24, 2.45) is 17.3 Å². The molecule has 0 heterocycles. The zero-order valence-electron chi connectivity index (χ0n) is 20.6. The summed E-state index contributed by atoms with van der Waals surface area (Å²) in [6.45, 7) is 1.91. The molecule has 2 fully saturated rings. The van der Waals surface area contributed by atoms with Crippen molar-refractivity contribution in [2.45, 2.75) is 64.0 Å². The Morgan fingerprint density at radius 2 is 1.73 bits per heavy atom. The molecule has 2 aromatic rings. The molecule has 2 aliphatic rings. The number of ketones is 1. The predicted octanol–water partition coefficient (Wildman–Crippen LogP) is 7.08. The van der Waals surface area contributed by atoms with E-state index in [1.54, 1.807) is 12.1 Å². The van der Waals surface area contributed by atoms with Crippen molar-refractivity contribution in [1.82, 2.24) is 0 Å². The molecule has 0 radical (unpaired) electrons. The van der Waals surface area contributed by atoms with Gasteiger partial charge in [-0.2, -0.15) is 13.2 Å². The number of rotatable bonds is 6. The maximum absolute atomic E-state index is 13.3. The normalized spacial score (nSPS) is 25.7. The lowest BCUT2D eigenvalue weighted by molar-refractivity contribution is -0.151. The van der Waals surface area contributed by atoms with E-state index >= 15 is 0 Å². The van der Waals surface area contributed by atoms with Gasteiger partial charge in [-0.15, -0.1) is 0 Å². The minimum atomic E-state index is -4.49. The number of carbonyl (C=O) groups is 3. The smallest absolute Gasteiger partial charge is 0.416 e. The molecule has 0 saturated heterocycles. The molecule has 0 aliphatic heterocycles. The van der Waals surface area contributed by atoms with Gasteiger partial charge in [-0.05, 0) is 86.3 Å². The number of hydrogen-bond donors (Lipinski definition) is 3. The Bertz CT molecular complexity index is 1160. The number of alkyl halides is 3. The summed E-state index contributed by atoms with van der Waals surface area (Å²) in [4.78, 5) is 36.9. The van der Waals surface area contributed by atoms with Crippen LogP contribution in [0.4, 0.5) is 29.3 Å². The number of benzene rings is 2. The first kappa shape index (κ1) is 26.7. The van der Waals surface area contributed by atoms with Crippen molar-refractivity contribution in [1.29, 1.82) is 0 Å². The maximum atomic E-state index is 13.3. The molecule has 2 amide bonds. The van der Waals surface area contributed by atoms with Crippen molar-refractivity contribution in [3.05, 3.63) is 59.7 Å². The summed E-state index contributed by atoms with van der Waals surface area (Å²) in [5.41, 5.74) is 0.0789. The van der Waals surface area contributed by atoms with Gasteiger partial charge in [0.1, 0.15) is 5.78 Å². The molecule has 37 heavy (non-hydrogen) atoms. The van der Waals surface area contributed by atoms with E-state index in [-0.39, 0.29) is 35.6 Å². The lowest BCUT2D eigenvalue weighted by atomic mass is 9.56. The summed E-state index contributed by atoms with van der Waals surface area (Å²) in [7, 11) is 0. The second-order valence-corrected chi connectivity index (χ2v) is 10.3. The first-order chi connectivity index (χ1) is 17.5. The number of carboxylic acid groups (broad SMARTS) is 1. The summed E-state index contributed by atoms with van der Waals surface area (Å²) >= 11 is 0. The summed E-state index contributed by atoms with van der Waals surface area (Å²) < 4.78 is 38.7. The lowest BCUT2D eigenvalue weighted by Gasteiger charge is -2.46. The number of carbonyl (C=O) groups excluding carboxylic acids is 2. The van der Waals surface area contributed by atoms with Crippen molar-refractivity contribution in [2.75, 3.05) is 10.6 Å². The van der Waals surface area contributed by atoms with Gasteiger partial charge in [0, 0.05) is 22.7 Å². The van der Waals surface area contributed by atoms with Gasteiger partial charge in [-0.25, -0.2) is 4.79 Å². The zero-order valence-corrected chi connectivity index (χ0v) is 20.6. The van der Waals surface area contributed by atoms with Crippen LogP contribution < -0.4 is 10.6 Å². The van der Waals surface area contributed by atoms with E-state index in [0.29, 0.717) is 18.5 Å². The standard InChI is InChI=1S/C28H31F3N2O4/c1-2-27(16-24(34)35)13-12-19-14-18(8-11-23(19)25(27)36)17-6-9-21(10-7-17)32-26(37)33-22-5-3-4-20(15-22)28(29,30)31/h3-7,9-10,15,18-19,23H,2,8,11-14,16H2,1H3,(H,34,35)(H2,32,33,37). The summed E-state index contributed by atoms with van der Waals surface area (Å²) in [6, 6.07) is 11.2. The Hall–Kier alpha value is -3.36. The molecule has 2 aliphatic carbocycles. The molecule has 0 bridgehead atoms. The second-order valence-electron chi connectivity index (χ2n) is 10.3. The van der Waals surface area contributed by atoms with E-state index in [4.69, 9.17) is 0 Å². The third-order valence-corrected chi connectivity index (χ3v) is 8.09. The van der Waals surface area contributed by atoms with Crippen LogP contribution in [0.5, 0.6) is 0 Å². The van der Waals surface area contributed by atoms with E-state index in [1.165, 1.54) is 12.1 Å². The maximum Gasteiger partial charge on any atom is 0.416 e. The van der Waals surface area contributed by atoms with E-state index in [0.717, 1.165) is 43.4 Å². The third-order valence-electron chi connectivity index (χ3n) is 8.09. The van der Waals surface area contributed by atoms with Crippen LogP contribution in [0.3, 0.4) is 0 Å². The summed E-state index contributed by atoms with van der Waals surface area (Å²) in [5, 5.41) is 14.4. The number of fused-ring (bicyclic) bond motifs is 1. The Morgan fingerprint density at radius 1 is 1.03 bits per heavy atom. The second kappa shape index (κ2) is 10.6. The fourth-order valence-electron chi connectivity index (χ4n) is 6.06. The van der Waals surface area contributed by atoms with Crippen molar-refractivity contribution in [3.8, 4) is 0 Å². The molecule has 4 atom stereocenters. The predicted molar refractivity (Wildman–Crippen MR) is 133 cm³/mol. The summed E-state index contributed by atoms with van der Waals surface area (Å²) in [5.74, 6) is -0.353. The van der Waals surface area contributed by atoms with Crippen LogP contribution in [-0.2, 0) is 15.8 Å². The first-order valence-corrected chi connectivity index (χ1v) is 12.6. The molecule has 2 aromatic carbocycles. The van der Waals surface area contributed by atoms with Crippen LogP contribution in [0.25, 0.3) is 0 Å². The number of Topliss-reactive ketones (excluding diaryl/α,β-unsaturated/α-hetero) is 1. The van der Waals surface area contributed by atoms with E-state index < -0.39 is 29.2 Å². The van der Waals surface area contributed by atoms with Crippen LogP contribution >= 0.6 is 0 Å². The van der Waals surface area contributed by atoms with Gasteiger partial charge in [0.2, 0.25) is 0 Å². The van der Waals surface area contributed by atoms with E-state index in [1.807, 2.05) is 19.1 Å². The molecule has 0 aromatic heterocycles. The number of urea groups is 1. The minimum absolute atomic E-state index is 0.0400. The van der Waals surface area contributed by atoms with Crippen LogP contribution in [0, 0.1) is 17.3 Å². The van der Waals surface area contributed by atoms with Gasteiger partial charge in [-0.3, -0.25) is 9.59 Å². The van der Waals surface area contributed by atoms with Gasteiger partial charge < -0.3 is 15.7 Å². The molecular weight excluding hydrogens is 485 g/mol. The van der Waals surface area contributed by atoms with Gasteiger partial charge >= 0.3 is 18.2 Å². The van der Waals surface area contributed by atoms with Crippen molar-refractivity contribution >= 4 is 29.2 Å². The fraction of sp³-hybridized carbons (Fsp3) is 0.464. The van der Waals surface area contributed by atoms with Gasteiger partial charge in [0.05, 0.1) is 12.0 Å². The minimum Gasteiger partial charge on any atom is -0.481 e. The summed E-state index contributed by atoms with van der Waals surface area (Å²) in [6.07, 6.45) is -0.115. The number of hydrogen-bond acceptors (Lipinski definition) is 3. The van der Waals surface area contributed by atoms with Crippen LogP contribution in [0.2, 0.25) is 0 Å². The highest BCUT2D eigenvalue weighted by molar-refractivity contribution is 5.99. The number of halogens is 3. The molecular formula is C28H31F3N2O4. The average Bonchev–Trinajstić information content (AvgIpc) is 2.85. The van der Waals surface area contributed by atoms with Crippen LogP contribution in [0.1, 0.15) is 68.9 Å². The van der Waals surface area contributed by atoms with Crippen molar-refractivity contribution in [3.63, 3.8) is 0 Å². The van der Waals surface area contributed by atoms with Crippen LogP contribution in [0.15, 0.2) is 48.5 Å². The molecule has 2 saturated carbocycles. The highest BCUT2D eigenvalue weighted by Crippen LogP contribution is 2.51. The zero-order chi connectivity index (χ0) is 26.8. The highest BCUT2D eigenvalue weighted by Gasteiger charge is 2.50. The molecule has 3 N–H and O–H groups in total. The van der Waals surface area contributed by atoms with Crippen molar-refractivity contribution < 1.29 is 32.7 Å². The van der Waals surface area contributed by atoms with Gasteiger partial charge in [0.15, 0.2) is 0 Å². The fourth-order valence-corrected chi connectivity index (χ4v) is 6.06. The van der Waals surface area contributed by atoms with Gasteiger partial charge in [0.25, 0.3) is 0 Å². The molecule has 6 nitrogen and oxygen atoms in total. The molecule has 198 valence electrons. The Balaban J connectivity index is 1.35. The highest BCUT2D eigenvalue weighted by atomic mass is 19.4.